The van der Waals surface area contributed by atoms with Crippen molar-refractivity contribution in [2.24, 2.45) is 0 Å². The Balaban J connectivity index is 4.12. The van der Waals surface area contributed by atoms with E-state index in [1.807, 2.05) is 4.90 Å². The van der Waals surface area contributed by atoms with Gasteiger partial charge in [0.2, 0.25) is 0 Å². The van der Waals surface area contributed by atoms with Gasteiger partial charge >= 0.3 is 0 Å². The van der Waals surface area contributed by atoms with Crippen molar-refractivity contribution in [3.8, 4) is 0 Å². The highest BCUT2D eigenvalue weighted by Crippen LogP contribution is 2.05. The molecule has 0 rings (SSSR count). The van der Waals surface area contributed by atoms with Crippen LogP contribution in [-0.4, -0.2) is 21.3 Å². The van der Waals surface area contributed by atoms with Crippen LogP contribution in [-0.2, 0) is 12.6 Å². The van der Waals surface area contributed by atoms with Crippen LogP contribution in [0, 0.1) is 0 Å². The minimum absolute atomic E-state index is 0.421. The fourth-order valence-electron chi connectivity index (χ4n) is 1.02. The summed E-state index contributed by atoms with van der Waals surface area (Å²) in [6, 6.07) is 0.843. The van der Waals surface area contributed by atoms with Gasteiger partial charge in [-0.2, -0.15) is 0 Å². The van der Waals surface area contributed by atoms with E-state index in [9.17, 15) is 0 Å². The average Bonchev–Trinajstić information content (AvgIpc) is 1.59. The molecule has 0 saturated heterocycles. The first-order valence-electron chi connectivity index (χ1n) is 3.46. The Morgan fingerprint density at radius 2 is 1.50 bits per heavy atom. The Bertz CT molecular complexity index is 113. The van der Waals surface area contributed by atoms with Gasteiger partial charge < -0.3 is 29.7 Å². The maximum absolute atomic E-state index is 4.91. The molecule has 0 aliphatic rings. The summed E-state index contributed by atoms with van der Waals surface area (Å²) < 4.78 is 0.574. The summed E-state index contributed by atoms with van der Waals surface area (Å²) in [5, 5.41) is 0. The van der Waals surface area contributed by atoms with Gasteiger partial charge in [0.15, 0.2) is 0 Å². The van der Waals surface area contributed by atoms with Gasteiger partial charge in [0.1, 0.15) is 0 Å². The monoisotopic (exact) mass is 176 g/mol. The molecule has 0 N–H and O–H groups in total. The third-order valence-corrected chi connectivity index (χ3v) is 1.75. The van der Waals surface area contributed by atoms with Crippen molar-refractivity contribution < 1.29 is 0 Å². The SMILES string of the molecule is CC(C)N(C(=S)[S-])C(C)C. The zero-order valence-electron chi connectivity index (χ0n) is 6.92. The lowest BCUT2D eigenvalue weighted by atomic mass is 10.2. The van der Waals surface area contributed by atoms with Gasteiger partial charge in [-0.25, -0.2) is 0 Å². The first kappa shape index (κ1) is 10.1. The summed E-state index contributed by atoms with van der Waals surface area (Å²) in [5.41, 5.74) is 0. The summed E-state index contributed by atoms with van der Waals surface area (Å²) in [7, 11) is 0. The third kappa shape index (κ3) is 2.80. The fraction of sp³-hybridized carbons (Fsp3) is 0.857. The lowest BCUT2D eigenvalue weighted by molar-refractivity contribution is 0.303. The maximum atomic E-state index is 4.91. The van der Waals surface area contributed by atoms with E-state index in [1.165, 1.54) is 0 Å². The predicted molar refractivity (Wildman–Crippen MR) is 52.1 cm³/mol. The smallest absolute Gasteiger partial charge is 0.0220 e. The van der Waals surface area contributed by atoms with E-state index in [2.05, 4.69) is 27.7 Å². The van der Waals surface area contributed by atoms with E-state index in [0.29, 0.717) is 16.4 Å². The summed E-state index contributed by atoms with van der Waals surface area (Å²) in [4.78, 5) is 2.05. The Morgan fingerprint density at radius 3 is 1.50 bits per heavy atom. The van der Waals surface area contributed by atoms with Crippen molar-refractivity contribution in [3.05, 3.63) is 0 Å². The van der Waals surface area contributed by atoms with Crippen LogP contribution in [0.15, 0.2) is 0 Å². The normalized spacial score (nSPS) is 10.6. The van der Waals surface area contributed by atoms with Gasteiger partial charge in [-0.15, -0.1) is 0 Å². The van der Waals surface area contributed by atoms with E-state index < -0.39 is 0 Å². The highest BCUT2D eigenvalue weighted by molar-refractivity contribution is 8.00. The Hall–Kier alpha value is 0.110. The predicted octanol–water partition coefficient (Wildman–Crippen LogP) is 1.94. The quantitative estimate of drug-likeness (QED) is 0.467. The van der Waals surface area contributed by atoms with Crippen LogP contribution in [0.4, 0.5) is 0 Å². The van der Waals surface area contributed by atoms with E-state index >= 15 is 0 Å². The van der Waals surface area contributed by atoms with Crippen LogP contribution < -0.4 is 0 Å². The minimum Gasteiger partial charge on any atom is -0.411 e. The largest absolute Gasteiger partial charge is 0.411 e. The second kappa shape index (κ2) is 4.09. The Kier molecular flexibility index (Phi) is 4.13. The second-order valence-electron chi connectivity index (χ2n) is 2.86. The first-order valence-corrected chi connectivity index (χ1v) is 4.27. The van der Waals surface area contributed by atoms with Crippen LogP contribution in [0.3, 0.4) is 0 Å². The molecule has 0 saturated carbocycles. The van der Waals surface area contributed by atoms with E-state index in [-0.39, 0.29) is 0 Å². The zero-order chi connectivity index (χ0) is 8.31. The molecule has 0 spiro atoms. The summed E-state index contributed by atoms with van der Waals surface area (Å²) in [6.45, 7) is 8.38. The number of hydrogen-bond acceptors (Lipinski definition) is 2. The molecular formula is C7H14NS2-. The minimum atomic E-state index is 0.421. The van der Waals surface area contributed by atoms with Gasteiger partial charge in [-0.05, 0) is 27.7 Å². The van der Waals surface area contributed by atoms with Gasteiger partial charge in [-0.1, -0.05) is 4.32 Å². The van der Waals surface area contributed by atoms with Crippen molar-refractivity contribution in [3.63, 3.8) is 0 Å². The van der Waals surface area contributed by atoms with Gasteiger partial charge in [0.25, 0.3) is 0 Å². The molecule has 0 heterocycles. The van der Waals surface area contributed by atoms with Gasteiger partial charge in [0.05, 0.1) is 0 Å². The van der Waals surface area contributed by atoms with Gasteiger partial charge in [0, 0.05) is 12.1 Å². The highest BCUT2D eigenvalue weighted by Gasteiger charge is 2.08. The van der Waals surface area contributed by atoms with Crippen molar-refractivity contribution in [1.29, 1.82) is 0 Å². The van der Waals surface area contributed by atoms with Crippen molar-refractivity contribution >= 4 is 29.2 Å². The molecule has 0 aromatic rings. The van der Waals surface area contributed by atoms with Crippen molar-refractivity contribution in [1.82, 2.24) is 4.90 Å². The molecule has 0 aliphatic carbocycles. The van der Waals surface area contributed by atoms with E-state index in [4.69, 9.17) is 24.8 Å². The van der Waals surface area contributed by atoms with Gasteiger partial charge in [-0.3, -0.25) is 0 Å². The number of rotatable bonds is 2. The Morgan fingerprint density at radius 1 is 1.20 bits per heavy atom. The molecular weight excluding hydrogens is 162 g/mol. The van der Waals surface area contributed by atoms with Crippen LogP contribution in [0.25, 0.3) is 0 Å². The highest BCUT2D eigenvalue weighted by atomic mass is 32.1. The maximum Gasteiger partial charge on any atom is 0.0220 e. The fourth-order valence-corrected chi connectivity index (χ4v) is 1.86. The number of thiocarbonyl (C=S) groups is 1. The van der Waals surface area contributed by atoms with E-state index in [1.54, 1.807) is 0 Å². The number of nitrogens with zero attached hydrogens (tertiary/aromatic N) is 1. The lowest BCUT2D eigenvalue weighted by Crippen LogP contribution is -2.39. The molecule has 0 aromatic heterocycles. The molecule has 0 unspecified atom stereocenters. The van der Waals surface area contributed by atoms with Crippen molar-refractivity contribution in [2.75, 3.05) is 0 Å². The average molecular weight is 176 g/mol. The molecule has 60 valence electrons. The summed E-state index contributed by atoms with van der Waals surface area (Å²) >= 11 is 9.82. The molecule has 0 bridgehead atoms. The van der Waals surface area contributed by atoms with Crippen molar-refractivity contribution in [2.45, 2.75) is 39.8 Å². The van der Waals surface area contributed by atoms with Crippen LogP contribution >= 0.6 is 12.2 Å². The molecule has 3 heteroatoms. The molecule has 0 amide bonds. The molecule has 10 heavy (non-hydrogen) atoms. The third-order valence-electron chi connectivity index (χ3n) is 1.32. The topological polar surface area (TPSA) is 3.24 Å². The zero-order valence-corrected chi connectivity index (χ0v) is 8.55. The number of hydrogen-bond donors (Lipinski definition) is 0. The van der Waals surface area contributed by atoms with Crippen LogP contribution in [0.1, 0.15) is 27.7 Å². The van der Waals surface area contributed by atoms with E-state index in [0.717, 1.165) is 0 Å². The standard InChI is InChI=1S/C7H15NS2/c1-5(2)8(6(3)4)7(9)10/h5-6H,1-4H3,(H,9,10)/p-1. The van der Waals surface area contributed by atoms with Crippen LogP contribution in [0.5, 0.6) is 0 Å². The van der Waals surface area contributed by atoms with Crippen LogP contribution in [0.2, 0.25) is 0 Å². The summed E-state index contributed by atoms with van der Waals surface area (Å²) in [5.74, 6) is 0. The Labute approximate surface area is 74.2 Å². The molecule has 1 nitrogen and oxygen atoms in total. The lowest BCUT2D eigenvalue weighted by Gasteiger charge is -2.36. The molecule has 0 aliphatic heterocycles. The molecule has 0 atom stereocenters. The first-order chi connectivity index (χ1) is 4.46. The molecule has 0 fully saturated rings. The molecule has 0 radical (unpaired) electrons. The second-order valence-corrected chi connectivity index (χ2v) is 3.89. The molecule has 0 aromatic carbocycles. The summed E-state index contributed by atoms with van der Waals surface area (Å²) in [6.07, 6.45) is 0.